The van der Waals surface area contributed by atoms with Crippen LogP contribution in [0.2, 0.25) is 0 Å². The highest BCUT2D eigenvalue weighted by atomic mass is 16.5. The molecule has 1 aromatic rings. The van der Waals surface area contributed by atoms with Gasteiger partial charge in [-0.05, 0) is 30.0 Å². The molecular weight excluding hydrogens is 250 g/mol. The van der Waals surface area contributed by atoms with Gasteiger partial charge in [0.2, 0.25) is 0 Å². The fourth-order valence-corrected chi connectivity index (χ4v) is 2.17. The Hall–Kier alpha value is -1.32. The SMILES string of the molecule is C=CC[C@@H](N[C@H](COC)C(C)C)c1ccc(OC)cc1. The number of hydrogen-bond donors (Lipinski definition) is 1. The van der Waals surface area contributed by atoms with Crippen LogP contribution in [0.15, 0.2) is 36.9 Å². The van der Waals surface area contributed by atoms with Crippen LogP contribution in [0.25, 0.3) is 0 Å². The van der Waals surface area contributed by atoms with Crippen molar-refractivity contribution in [3.63, 3.8) is 0 Å². The van der Waals surface area contributed by atoms with Crippen LogP contribution in [0.3, 0.4) is 0 Å². The maximum atomic E-state index is 5.31. The van der Waals surface area contributed by atoms with E-state index < -0.39 is 0 Å². The van der Waals surface area contributed by atoms with E-state index in [1.54, 1.807) is 14.2 Å². The molecule has 1 rings (SSSR count). The summed E-state index contributed by atoms with van der Waals surface area (Å²) in [5.41, 5.74) is 1.24. The highest BCUT2D eigenvalue weighted by Crippen LogP contribution is 2.22. The van der Waals surface area contributed by atoms with Gasteiger partial charge in [-0.3, -0.25) is 0 Å². The molecule has 0 saturated carbocycles. The largest absolute Gasteiger partial charge is 0.497 e. The van der Waals surface area contributed by atoms with Crippen LogP contribution in [0.5, 0.6) is 5.75 Å². The predicted molar refractivity (Wildman–Crippen MR) is 84.2 cm³/mol. The Bertz CT molecular complexity index is 386. The van der Waals surface area contributed by atoms with Gasteiger partial charge in [-0.1, -0.05) is 32.1 Å². The van der Waals surface area contributed by atoms with Crippen molar-refractivity contribution in [3.05, 3.63) is 42.5 Å². The van der Waals surface area contributed by atoms with Crippen LogP contribution in [0.1, 0.15) is 31.9 Å². The Morgan fingerprint density at radius 2 is 1.85 bits per heavy atom. The Kier molecular flexibility index (Phi) is 7.34. The second-order valence-corrected chi connectivity index (χ2v) is 5.32. The van der Waals surface area contributed by atoms with Gasteiger partial charge >= 0.3 is 0 Å². The summed E-state index contributed by atoms with van der Waals surface area (Å²) in [5, 5.41) is 3.67. The van der Waals surface area contributed by atoms with Crippen molar-refractivity contribution in [3.8, 4) is 5.75 Å². The van der Waals surface area contributed by atoms with Crippen LogP contribution in [0.4, 0.5) is 0 Å². The third-order valence-corrected chi connectivity index (χ3v) is 3.49. The van der Waals surface area contributed by atoms with Gasteiger partial charge in [0.05, 0.1) is 13.7 Å². The third-order valence-electron chi connectivity index (χ3n) is 3.49. The first-order valence-electron chi connectivity index (χ1n) is 7.12. The normalized spacial score (nSPS) is 14.1. The molecule has 1 N–H and O–H groups in total. The topological polar surface area (TPSA) is 30.5 Å². The summed E-state index contributed by atoms with van der Waals surface area (Å²) in [6.07, 6.45) is 2.84. The van der Waals surface area contributed by atoms with Crippen molar-refractivity contribution in [2.24, 2.45) is 5.92 Å². The minimum Gasteiger partial charge on any atom is -0.497 e. The first-order chi connectivity index (χ1) is 9.62. The summed E-state index contributed by atoms with van der Waals surface area (Å²) < 4.78 is 10.5. The molecule has 0 amide bonds. The van der Waals surface area contributed by atoms with E-state index >= 15 is 0 Å². The van der Waals surface area contributed by atoms with Crippen LogP contribution >= 0.6 is 0 Å². The molecule has 0 unspecified atom stereocenters. The quantitative estimate of drug-likeness (QED) is 0.700. The maximum absolute atomic E-state index is 5.31. The summed E-state index contributed by atoms with van der Waals surface area (Å²) >= 11 is 0. The fraction of sp³-hybridized carbons (Fsp3) is 0.529. The second-order valence-electron chi connectivity index (χ2n) is 5.32. The van der Waals surface area contributed by atoms with Crippen molar-refractivity contribution < 1.29 is 9.47 Å². The summed E-state index contributed by atoms with van der Waals surface area (Å²) in [7, 11) is 3.43. The van der Waals surface area contributed by atoms with E-state index in [-0.39, 0.29) is 6.04 Å². The Balaban J connectivity index is 2.82. The number of methoxy groups -OCH3 is 2. The summed E-state index contributed by atoms with van der Waals surface area (Å²) in [4.78, 5) is 0. The van der Waals surface area contributed by atoms with E-state index in [4.69, 9.17) is 9.47 Å². The summed E-state index contributed by atoms with van der Waals surface area (Å²) in [6, 6.07) is 8.77. The average molecular weight is 277 g/mol. The highest BCUT2D eigenvalue weighted by molar-refractivity contribution is 5.29. The van der Waals surface area contributed by atoms with Gasteiger partial charge < -0.3 is 14.8 Å². The standard InChI is InChI=1S/C17H27NO2/c1-6-7-16(18-17(12-19-4)13(2)3)14-8-10-15(20-5)11-9-14/h6,8-11,13,16-18H,1,7,12H2,2-5H3/t16-,17-/m1/s1. The second kappa shape index (κ2) is 8.77. The van der Waals surface area contributed by atoms with Gasteiger partial charge in [0.15, 0.2) is 0 Å². The number of nitrogens with one attached hydrogen (secondary N) is 1. The van der Waals surface area contributed by atoms with Gasteiger partial charge in [0, 0.05) is 19.2 Å². The third kappa shape index (κ3) is 4.99. The Morgan fingerprint density at radius 3 is 2.30 bits per heavy atom. The van der Waals surface area contributed by atoms with Crippen molar-refractivity contribution in [2.75, 3.05) is 20.8 Å². The smallest absolute Gasteiger partial charge is 0.118 e. The molecule has 112 valence electrons. The maximum Gasteiger partial charge on any atom is 0.118 e. The molecule has 0 bridgehead atoms. The lowest BCUT2D eigenvalue weighted by Gasteiger charge is -2.28. The molecule has 0 heterocycles. The molecule has 0 aliphatic rings. The van der Waals surface area contributed by atoms with Crippen LogP contribution in [0, 0.1) is 5.92 Å². The van der Waals surface area contributed by atoms with E-state index in [9.17, 15) is 0 Å². The molecular formula is C17H27NO2. The highest BCUT2D eigenvalue weighted by Gasteiger charge is 2.18. The van der Waals surface area contributed by atoms with Crippen LogP contribution < -0.4 is 10.1 Å². The molecule has 0 fully saturated rings. The van der Waals surface area contributed by atoms with E-state index in [0.29, 0.717) is 18.6 Å². The summed E-state index contributed by atoms with van der Waals surface area (Å²) in [5.74, 6) is 1.39. The zero-order chi connectivity index (χ0) is 15.0. The van der Waals surface area contributed by atoms with Crippen LogP contribution in [-0.4, -0.2) is 26.9 Å². The first-order valence-corrected chi connectivity index (χ1v) is 7.12. The molecule has 1 aromatic carbocycles. The molecule has 20 heavy (non-hydrogen) atoms. The van der Waals surface area contributed by atoms with E-state index in [0.717, 1.165) is 12.2 Å². The molecule has 3 nitrogen and oxygen atoms in total. The van der Waals surface area contributed by atoms with Crippen molar-refractivity contribution >= 4 is 0 Å². The lowest BCUT2D eigenvalue weighted by molar-refractivity contribution is 0.140. The number of benzene rings is 1. The monoisotopic (exact) mass is 277 g/mol. The number of ether oxygens (including phenoxy) is 2. The molecule has 0 radical (unpaired) electrons. The predicted octanol–water partition coefficient (Wildman–Crippen LogP) is 3.57. The average Bonchev–Trinajstić information content (AvgIpc) is 2.46. The fourth-order valence-electron chi connectivity index (χ4n) is 2.17. The Morgan fingerprint density at radius 1 is 1.20 bits per heavy atom. The zero-order valence-corrected chi connectivity index (χ0v) is 13.1. The van der Waals surface area contributed by atoms with Gasteiger partial charge in [-0.25, -0.2) is 0 Å². The van der Waals surface area contributed by atoms with Gasteiger partial charge in [-0.2, -0.15) is 0 Å². The molecule has 3 heteroatoms. The lowest BCUT2D eigenvalue weighted by atomic mass is 9.99. The molecule has 0 aromatic heterocycles. The van der Waals surface area contributed by atoms with Crippen LogP contribution in [-0.2, 0) is 4.74 Å². The lowest BCUT2D eigenvalue weighted by Crippen LogP contribution is -2.40. The zero-order valence-electron chi connectivity index (χ0n) is 13.1. The van der Waals surface area contributed by atoms with Gasteiger partial charge in [0.25, 0.3) is 0 Å². The summed E-state index contributed by atoms with van der Waals surface area (Å²) in [6.45, 7) is 8.98. The van der Waals surface area contributed by atoms with Crippen molar-refractivity contribution in [2.45, 2.75) is 32.4 Å². The minimum absolute atomic E-state index is 0.251. The molecule has 0 saturated heterocycles. The molecule has 2 atom stereocenters. The molecule has 0 aliphatic heterocycles. The van der Waals surface area contributed by atoms with Gasteiger partial charge in [-0.15, -0.1) is 6.58 Å². The minimum atomic E-state index is 0.251. The molecule has 0 spiro atoms. The Labute approximate surface area is 123 Å². The van der Waals surface area contributed by atoms with E-state index in [1.165, 1.54) is 5.56 Å². The van der Waals surface area contributed by atoms with E-state index in [1.807, 2.05) is 18.2 Å². The molecule has 0 aliphatic carbocycles. The van der Waals surface area contributed by atoms with E-state index in [2.05, 4.69) is 37.9 Å². The van der Waals surface area contributed by atoms with Crippen molar-refractivity contribution in [1.29, 1.82) is 0 Å². The van der Waals surface area contributed by atoms with Crippen molar-refractivity contribution in [1.82, 2.24) is 5.32 Å². The number of hydrogen-bond acceptors (Lipinski definition) is 3. The number of rotatable bonds is 9. The first kappa shape index (κ1) is 16.7. The van der Waals surface area contributed by atoms with Gasteiger partial charge in [0.1, 0.15) is 5.75 Å².